The van der Waals surface area contributed by atoms with Crippen LogP contribution in [0.2, 0.25) is 0 Å². The monoisotopic (exact) mass is 624 g/mol. The molecule has 3 aromatic carbocycles. The predicted molar refractivity (Wildman–Crippen MR) is 161 cm³/mol. The maximum Gasteiger partial charge on any atom is 0.573 e. The SMILES string of the molecule is CCc1cc(-c2ncn(-c3ccc(OC(F)(F)F)cc3)n2)ccc1NC(=O)/N=C1\SCC(=O)N1c1cc(C)ccc1COC. The number of thioether (sulfide) groups is 1. The number of benzene rings is 3. The molecule has 3 amide bonds. The average molecular weight is 625 g/mol. The third-order valence-corrected chi connectivity index (χ3v) is 7.48. The summed E-state index contributed by atoms with van der Waals surface area (Å²) in [5.41, 5.74) is 4.90. The van der Waals surface area contributed by atoms with E-state index in [9.17, 15) is 22.8 Å². The first-order chi connectivity index (χ1) is 21.0. The summed E-state index contributed by atoms with van der Waals surface area (Å²) >= 11 is 1.19. The lowest BCUT2D eigenvalue weighted by atomic mass is 10.1. The lowest BCUT2D eigenvalue weighted by Gasteiger charge is -2.20. The Balaban J connectivity index is 1.33. The number of halogens is 3. The number of anilines is 2. The van der Waals surface area contributed by atoms with E-state index < -0.39 is 12.4 Å². The highest BCUT2D eigenvalue weighted by Gasteiger charge is 2.32. The van der Waals surface area contributed by atoms with Crippen LogP contribution in [0.15, 0.2) is 72.0 Å². The average Bonchev–Trinajstić information content (AvgIpc) is 3.61. The minimum Gasteiger partial charge on any atom is -0.406 e. The molecule has 1 saturated heterocycles. The minimum absolute atomic E-state index is 0.159. The number of hydrogen-bond donors (Lipinski definition) is 1. The fourth-order valence-electron chi connectivity index (χ4n) is 4.54. The van der Waals surface area contributed by atoms with Crippen LogP contribution in [-0.4, -0.2) is 51.1 Å². The number of nitrogens with one attached hydrogen (secondary N) is 1. The lowest BCUT2D eigenvalue weighted by Crippen LogP contribution is -2.31. The number of ether oxygens (including phenoxy) is 2. The van der Waals surface area contributed by atoms with Crippen molar-refractivity contribution in [3.05, 3.63) is 83.7 Å². The molecule has 228 valence electrons. The van der Waals surface area contributed by atoms with Gasteiger partial charge in [0.1, 0.15) is 12.1 Å². The van der Waals surface area contributed by atoms with E-state index in [0.717, 1.165) is 16.7 Å². The maximum atomic E-state index is 13.0. The van der Waals surface area contributed by atoms with Crippen molar-refractivity contribution in [2.24, 2.45) is 4.99 Å². The Labute approximate surface area is 254 Å². The smallest absolute Gasteiger partial charge is 0.406 e. The zero-order valence-corrected chi connectivity index (χ0v) is 24.7. The molecule has 14 heteroatoms. The standard InChI is InChI=1S/C30H27F3N6O4S/c1-4-19-14-20(27-34-17-38(37-27)22-8-10-23(11-9-22)43-30(31,32)33)7-12-24(19)35-28(41)36-29-39(26(40)16-44-29)25-13-18(2)5-6-21(25)15-42-3/h5-14,17H,4,15-16H2,1-3H3,(H,35,41)/b36-29-. The summed E-state index contributed by atoms with van der Waals surface area (Å²) in [6, 6.07) is 15.6. The molecular formula is C30H27F3N6O4S. The van der Waals surface area contributed by atoms with Crippen LogP contribution in [0.1, 0.15) is 23.6 Å². The van der Waals surface area contributed by atoms with Crippen molar-refractivity contribution in [3.63, 3.8) is 0 Å². The van der Waals surface area contributed by atoms with E-state index in [2.05, 4.69) is 25.1 Å². The Morgan fingerprint density at radius 3 is 2.57 bits per heavy atom. The third-order valence-electron chi connectivity index (χ3n) is 6.56. The number of rotatable bonds is 8. The Morgan fingerprint density at radius 1 is 1.09 bits per heavy atom. The molecule has 2 heterocycles. The molecule has 0 atom stereocenters. The number of amidine groups is 1. The van der Waals surface area contributed by atoms with Crippen LogP contribution in [0, 0.1) is 6.92 Å². The van der Waals surface area contributed by atoms with Crippen LogP contribution in [-0.2, 0) is 22.6 Å². The molecule has 10 nitrogen and oxygen atoms in total. The molecule has 1 aliphatic rings. The van der Waals surface area contributed by atoms with Crippen LogP contribution in [0.5, 0.6) is 5.75 Å². The Kier molecular flexibility index (Phi) is 9.01. The summed E-state index contributed by atoms with van der Waals surface area (Å²) < 4.78 is 48.0. The summed E-state index contributed by atoms with van der Waals surface area (Å²) in [5.74, 6) is 0.0244. The van der Waals surface area contributed by atoms with Gasteiger partial charge in [-0.2, -0.15) is 4.99 Å². The number of carbonyl (C=O) groups excluding carboxylic acids is 2. The van der Waals surface area contributed by atoms with Gasteiger partial charge in [0.2, 0.25) is 5.91 Å². The van der Waals surface area contributed by atoms with Crippen LogP contribution in [0.25, 0.3) is 17.1 Å². The van der Waals surface area contributed by atoms with Crippen molar-refractivity contribution in [1.82, 2.24) is 14.8 Å². The van der Waals surface area contributed by atoms with Gasteiger partial charge in [-0.25, -0.2) is 14.5 Å². The first-order valence-electron chi connectivity index (χ1n) is 13.4. The van der Waals surface area contributed by atoms with Crippen molar-refractivity contribution >= 4 is 40.2 Å². The highest BCUT2D eigenvalue weighted by atomic mass is 32.2. The van der Waals surface area contributed by atoms with Crippen molar-refractivity contribution < 1.29 is 32.2 Å². The van der Waals surface area contributed by atoms with Gasteiger partial charge < -0.3 is 14.8 Å². The maximum absolute atomic E-state index is 13.0. The molecule has 1 N–H and O–H groups in total. The normalized spacial score (nSPS) is 14.4. The number of urea groups is 1. The summed E-state index contributed by atoms with van der Waals surface area (Å²) in [7, 11) is 1.57. The van der Waals surface area contributed by atoms with Crippen LogP contribution >= 0.6 is 11.8 Å². The second-order valence-electron chi connectivity index (χ2n) is 9.69. The molecule has 1 fully saturated rings. The molecule has 0 unspecified atom stereocenters. The van der Waals surface area contributed by atoms with Gasteiger partial charge >= 0.3 is 12.4 Å². The van der Waals surface area contributed by atoms with Crippen LogP contribution in [0.4, 0.5) is 29.3 Å². The number of aryl methyl sites for hydroxylation is 2. The number of nitrogens with zero attached hydrogens (tertiary/aromatic N) is 5. The molecular weight excluding hydrogens is 597 g/mol. The highest BCUT2D eigenvalue weighted by Crippen LogP contribution is 2.32. The Bertz CT molecular complexity index is 1720. The van der Waals surface area contributed by atoms with Gasteiger partial charge in [-0.15, -0.1) is 18.3 Å². The summed E-state index contributed by atoms with van der Waals surface area (Å²) in [5, 5.41) is 7.54. The number of aliphatic imine (C=N–C) groups is 1. The summed E-state index contributed by atoms with van der Waals surface area (Å²) in [6.07, 6.45) is -2.75. The number of hydrogen-bond acceptors (Lipinski definition) is 7. The molecule has 1 aromatic heterocycles. The molecule has 0 bridgehead atoms. The fourth-order valence-corrected chi connectivity index (χ4v) is 5.40. The molecule has 1 aliphatic heterocycles. The zero-order valence-electron chi connectivity index (χ0n) is 23.9. The first kappa shape index (κ1) is 30.8. The van der Waals surface area contributed by atoms with E-state index in [1.807, 2.05) is 38.1 Å². The molecule has 0 saturated carbocycles. The van der Waals surface area contributed by atoms with Crippen molar-refractivity contribution in [2.75, 3.05) is 23.1 Å². The van der Waals surface area contributed by atoms with Gasteiger partial charge in [-0.1, -0.05) is 30.8 Å². The third kappa shape index (κ3) is 7.09. The van der Waals surface area contributed by atoms with Gasteiger partial charge in [-0.3, -0.25) is 9.69 Å². The van der Waals surface area contributed by atoms with E-state index in [4.69, 9.17) is 4.74 Å². The van der Waals surface area contributed by atoms with E-state index >= 15 is 0 Å². The fraction of sp³-hybridized carbons (Fsp3) is 0.233. The minimum atomic E-state index is -4.78. The molecule has 0 radical (unpaired) electrons. The van der Waals surface area contributed by atoms with Gasteiger partial charge in [0.15, 0.2) is 11.0 Å². The van der Waals surface area contributed by atoms with Crippen LogP contribution in [0.3, 0.4) is 0 Å². The van der Waals surface area contributed by atoms with Gasteiger partial charge in [0.25, 0.3) is 0 Å². The predicted octanol–water partition coefficient (Wildman–Crippen LogP) is 6.52. The molecule has 44 heavy (non-hydrogen) atoms. The second-order valence-corrected chi connectivity index (χ2v) is 10.6. The summed E-state index contributed by atoms with van der Waals surface area (Å²) in [6.45, 7) is 4.15. The highest BCUT2D eigenvalue weighted by molar-refractivity contribution is 8.15. The van der Waals surface area contributed by atoms with Gasteiger partial charge in [0, 0.05) is 23.9 Å². The molecule has 5 rings (SSSR count). The van der Waals surface area contributed by atoms with E-state index in [1.54, 1.807) is 19.2 Å². The number of aromatic nitrogens is 3. The van der Waals surface area contributed by atoms with E-state index in [-0.39, 0.29) is 22.6 Å². The molecule has 0 aliphatic carbocycles. The number of carbonyl (C=O) groups is 2. The molecule has 4 aromatic rings. The van der Waals surface area contributed by atoms with E-state index in [0.29, 0.717) is 41.5 Å². The Morgan fingerprint density at radius 2 is 1.86 bits per heavy atom. The van der Waals surface area contributed by atoms with Gasteiger partial charge in [-0.05, 0) is 73.0 Å². The number of amides is 3. The number of alkyl halides is 3. The quantitative estimate of drug-likeness (QED) is 0.238. The zero-order chi connectivity index (χ0) is 31.4. The molecule has 0 spiro atoms. The van der Waals surface area contributed by atoms with Crippen molar-refractivity contribution in [3.8, 4) is 22.8 Å². The van der Waals surface area contributed by atoms with Crippen molar-refractivity contribution in [1.29, 1.82) is 0 Å². The van der Waals surface area contributed by atoms with Gasteiger partial charge in [0.05, 0.1) is 23.7 Å². The number of methoxy groups -OCH3 is 1. The van der Waals surface area contributed by atoms with Crippen LogP contribution < -0.4 is 15.0 Å². The first-order valence-corrected chi connectivity index (χ1v) is 14.4. The summed E-state index contributed by atoms with van der Waals surface area (Å²) in [4.78, 5) is 35.9. The van der Waals surface area contributed by atoms with E-state index in [1.165, 1.54) is 51.9 Å². The van der Waals surface area contributed by atoms with Crippen molar-refractivity contribution in [2.45, 2.75) is 33.2 Å². The lowest BCUT2D eigenvalue weighted by molar-refractivity contribution is -0.274. The topological polar surface area (TPSA) is 111 Å². The Hall–Kier alpha value is -4.69. The largest absolute Gasteiger partial charge is 0.573 e. The second kappa shape index (κ2) is 12.9.